The molecule has 2 atom stereocenters. The van der Waals surface area contributed by atoms with E-state index in [1.54, 1.807) is 11.8 Å². The number of benzene rings is 1. The van der Waals surface area contributed by atoms with Gasteiger partial charge in [-0.2, -0.15) is 11.8 Å². The van der Waals surface area contributed by atoms with Crippen molar-refractivity contribution in [3.05, 3.63) is 35.4 Å². The first-order valence-electron chi connectivity index (χ1n) is 5.78. The zero-order chi connectivity index (χ0) is 12.8. The summed E-state index contributed by atoms with van der Waals surface area (Å²) >= 11 is 1.69. The Bertz CT molecular complexity index is 337. The van der Waals surface area contributed by atoms with E-state index < -0.39 is 11.6 Å². The van der Waals surface area contributed by atoms with Gasteiger partial charge in [0.05, 0.1) is 0 Å². The predicted molar refractivity (Wildman–Crippen MR) is 70.3 cm³/mol. The second-order valence-corrected chi connectivity index (χ2v) is 5.01. The first kappa shape index (κ1) is 14.5. The largest absolute Gasteiger partial charge is 0.310 e. The van der Waals surface area contributed by atoms with Crippen LogP contribution in [0, 0.1) is 17.6 Å². The van der Waals surface area contributed by atoms with Gasteiger partial charge in [0.1, 0.15) is 11.6 Å². The van der Waals surface area contributed by atoms with E-state index in [0.717, 1.165) is 5.75 Å². The molecule has 0 heterocycles. The quantitative estimate of drug-likeness (QED) is 0.837. The summed E-state index contributed by atoms with van der Waals surface area (Å²) in [6.45, 7) is 4.64. The Morgan fingerprint density at radius 1 is 1.29 bits per heavy atom. The van der Waals surface area contributed by atoms with Crippen LogP contribution in [0.3, 0.4) is 0 Å². The molecule has 1 aromatic carbocycles. The summed E-state index contributed by atoms with van der Waals surface area (Å²) in [6.07, 6.45) is 2.00. The molecule has 1 nitrogen and oxygen atoms in total. The van der Waals surface area contributed by atoms with Crippen molar-refractivity contribution in [2.75, 3.05) is 18.6 Å². The van der Waals surface area contributed by atoms with Crippen molar-refractivity contribution in [1.29, 1.82) is 0 Å². The van der Waals surface area contributed by atoms with Crippen molar-refractivity contribution >= 4 is 11.8 Å². The SMILES string of the molecule is CCNC(c1c(F)cccc1F)C(C)CSC. The Hall–Kier alpha value is -0.610. The summed E-state index contributed by atoms with van der Waals surface area (Å²) in [5.41, 5.74) is 0.163. The molecule has 1 aromatic rings. The summed E-state index contributed by atoms with van der Waals surface area (Å²) < 4.78 is 27.5. The molecular formula is C13H19F2NS. The molecule has 96 valence electrons. The van der Waals surface area contributed by atoms with E-state index in [-0.39, 0.29) is 17.5 Å². The van der Waals surface area contributed by atoms with Gasteiger partial charge in [0.15, 0.2) is 0 Å². The van der Waals surface area contributed by atoms with Gasteiger partial charge in [-0.25, -0.2) is 8.78 Å². The Balaban J connectivity index is 3.04. The number of hydrogen-bond donors (Lipinski definition) is 1. The van der Waals surface area contributed by atoms with Gasteiger partial charge in [-0.15, -0.1) is 0 Å². The predicted octanol–water partition coefficient (Wildman–Crippen LogP) is 3.61. The maximum atomic E-state index is 13.7. The lowest BCUT2D eigenvalue weighted by molar-refractivity contribution is 0.392. The van der Waals surface area contributed by atoms with Crippen LogP contribution in [0.2, 0.25) is 0 Å². The van der Waals surface area contributed by atoms with Crippen LogP contribution in [0.25, 0.3) is 0 Å². The fourth-order valence-corrected chi connectivity index (χ4v) is 2.69. The van der Waals surface area contributed by atoms with Crippen LogP contribution in [0.1, 0.15) is 25.5 Å². The van der Waals surface area contributed by atoms with Gasteiger partial charge < -0.3 is 5.32 Å². The second-order valence-electron chi connectivity index (χ2n) is 4.10. The Kier molecular flexibility index (Phi) is 5.92. The molecule has 4 heteroatoms. The molecule has 0 bridgehead atoms. The van der Waals surface area contributed by atoms with Crippen molar-refractivity contribution in [1.82, 2.24) is 5.32 Å². The van der Waals surface area contributed by atoms with Crippen LogP contribution >= 0.6 is 11.8 Å². The maximum Gasteiger partial charge on any atom is 0.130 e. The van der Waals surface area contributed by atoms with Crippen molar-refractivity contribution in [2.45, 2.75) is 19.9 Å². The summed E-state index contributed by atoms with van der Waals surface area (Å²) in [5.74, 6) is 0.106. The summed E-state index contributed by atoms with van der Waals surface area (Å²) in [4.78, 5) is 0. The van der Waals surface area contributed by atoms with Crippen LogP contribution in [0.15, 0.2) is 18.2 Å². The van der Waals surface area contributed by atoms with Crippen molar-refractivity contribution in [2.24, 2.45) is 5.92 Å². The van der Waals surface area contributed by atoms with Crippen LogP contribution in [-0.2, 0) is 0 Å². The van der Waals surface area contributed by atoms with E-state index in [2.05, 4.69) is 5.32 Å². The molecule has 0 amide bonds. The molecule has 0 spiro atoms. The molecule has 0 aromatic heterocycles. The summed E-state index contributed by atoms with van der Waals surface area (Å²) in [6, 6.07) is 3.76. The highest BCUT2D eigenvalue weighted by Gasteiger charge is 2.24. The maximum absolute atomic E-state index is 13.7. The molecule has 0 aliphatic heterocycles. The normalized spacial score (nSPS) is 14.6. The second kappa shape index (κ2) is 6.97. The lowest BCUT2D eigenvalue weighted by Gasteiger charge is -2.25. The average molecular weight is 259 g/mol. The van der Waals surface area contributed by atoms with E-state index in [4.69, 9.17) is 0 Å². The Morgan fingerprint density at radius 2 is 1.88 bits per heavy atom. The molecule has 17 heavy (non-hydrogen) atoms. The lowest BCUT2D eigenvalue weighted by atomic mass is 9.95. The van der Waals surface area contributed by atoms with Crippen LogP contribution < -0.4 is 5.32 Å². The van der Waals surface area contributed by atoms with Gasteiger partial charge in [0, 0.05) is 11.6 Å². The minimum absolute atomic E-state index is 0.163. The monoisotopic (exact) mass is 259 g/mol. The van der Waals surface area contributed by atoms with E-state index in [1.807, 2.05) is 20.1 Å². The Morgan fingerprint density at radius 3 is 2.35 bits per heavy atom. The van der Waals surface area contributed by atoms with Crippen molar-refractivity contribution in [3.63, 3.8) is 0 Å². The lowest BCUT2D eigenvalue weighted by Crippen LogP contribution is -2.29. The molecule has 0 fully saturated rings. The zero-order valence-corrected chi connectivity index (χ0v) is 11.3. The molecule has 0 saturated carbocycles. The third-order valence-electron chi connectivity index (χ3n) is 2.73. The van der Waals surface area contributed by atoms with Gasteiger partial charge >= 0.3 is 0 Å². The number of hydrogen-bond acceptors (Lipinski definition) is 2. The highest BCUT2D eigenvalue weighted by Crippen LogP contribution is 2.28. The number of thioether (sulfide) groups is 1. The van der Waals surface area contributed by atoms with Gasteiger partial charge in [-0.3, -0.25) is 0 Å². The topological polar surface area (TPSA) is 12.0 Å². The van der Waals surface area contributed by atoms with Gasteiger partial charge in [0.2, 0.25) is 0 Å². The summed E-state index contributed by atoms with van der Waals surface area (Å²) in [7, 11) is 0. The van der Waals surface area contributed by atoms with E-state index in [0.29, 0.717) is 6.54 Å². The van der Waals surface area contributed by atoms with Crippen molar-refractivity contribution in [3.8, 4) is 0 Å². The molecule has 0 saturated heterocycles. The first-order valence-corrected chi connectivity index (χ1v) is 7.17. The summed E-state index contributed by atoms with van der Waals surface area (Å²) in [5, 5.41) is 3.17. The fraction of sp³-hybridized carbons (Fsp3) is 0.538. The number of nitrogens with one attached hydrogen (secondary N) is 1. The third kappa shape index (κ3) is 3.68. The van der Waals surface area contributed by atoms with Gasteiger partial charge in [-0.1, -0.05) is 19.9 Å². The zero-order valence-electron chi connectivity index (χ0n) is 10.5. The van der Waals surface area contributed by atoms with Gasteiger partial charge in [0.25, 0.3) is 0 Å². The Labute approximate surface area is 106 Å². The van der Waals surface area contributed by atoms with E-state index in [9.17, 15) is 8.78 Å². The number of halogens is 2. The molecule has 1 rings (SSSR count). The third-order valence-corrected chi connectivity index (χ3v) is 3.59. The average Bonchev–Trinajstić information content (AvgIpc) is 2.28. The minimum Gasteiger partial charge on any atom is -0.310 e. The van der Waals surface area contributed by atoms with Gasteiger partial charge in [-0.05, 0) is 36.6 Å². The molecule has 0 aliphatic rings. The first-order chi connectivity index (χ1) is 8.11. The number of rotatable bonds is 6. The molecule has 2 unspecified atom stereocenters. The van der Waals surface area contributed by atoms with E-state index in [1.165, 1.54) is 18.2 Å². The van der Waals surface area contributed by atoms with Crippen LogP contribution in [0.5, 0.6) is 0 Å². The standard InChI is InChI=1S/C13H19F2NS/c1-4-16-13(9(2)8-17-3)12-10(14)6-5-7-11(12)15/h5-7,9,13,16H,4,8H2,1-3H3. The smallest absolute Gasteiger partial charge is 0.130 e. The highest BCUT2D eigenvalue weighted by molar-refractivity contribution is 7.98. The van der Waals surface area contributed by atoms with Crippen LogP contribution in [-0.4, -0.2) is 18.6 Å². The van der Waals surface area contributed by atoms with E-state index >= 15 is 0 Å². The minimum atomic E-state index is -0.469. The molecular weight excluding hydrogens is 240 g/mol. The van der Waals surface area contributed by atoms with Crippen molar-refractivity contribution < 1.29 is 8.78 Å². The molecule has 1 N–H and O–H groups in total. The highest BCUT2D eigenvalue weighted by atomic mass is 32.2. The molecule has 0 radical (unpaired) electrons. The fourth-order valence-electron chi connectivity index (χ4n) is 1.97. The molecule has 0 aliphatic carbocycles. The van der Waals surface area contributed by atoms with Crippen LogP contribution in [0.4, 0.5) is 8.78 Å².